The number of carbonyl (C=O) groups excluding carboxylic acids is 1. The highest BCUT2D eigenvalue weighted by Crippen LogP contribution is 2.36. The van der Waals surface area contributed by atoms with E-state index in [2.05, 4.69) is 24.5 Å². The Balaban J connectivity index is 2.18. The van der Waals surface area contributed by atoms with Gasteiger partial charge in [-0.05, 0) is 32.1 Å². The molecule has 0 radical (unpaired) electrons. The zero-order valence-electron chi connectivity index (χ0n) is 11.1. The SMILES string of the molecule is CC(C)NC(=O)CCNC1CCCC1(C)C. The van der Waals surface area contributed by atoms with Crippen molar-refractivity contribution >= 4 is 5.91 Å². The van der Waals surface area contributed by atoms with Gasteiger partial charge in [0.15, 0.2) is 0 Å². The van der Waals surface area contributed by atoms with E-state index in [4.69, 9.17) is 0 Å². The van der Waals surface area contributed by atoms with E-state index in [-0.39, 0.29) is 11.9 Å². The number of nitrogens with one attached hydrogen (secondary N) is 2. The molecule has 1 rings (SSSR count). The molecule has 0 spiro atoms. The molecule has 1 saturated carbocycles. The van der Waals surface area contributed by atoms with Crippen LogP contribution in [-0.4, -0.2) is 24.5 Å². The zero-order valence-corrected chi connectivity index (χ0v) is 11.1. The maximum absolute atomic E-state index is 11.4. The fraction of sp³-hybridized carbons (Fsp3) is 0.923. The summed E-state index contributed by atoms with van der Waals surface area (Å²) in [5.41, 5.74) is 0.397. The van der Waals surface area contributed by atoms with Gasteiger partial charge >= 0.3 is 0 Å². The van der Waals surface area contributed by atoms with Crippen molar-refractivity contribution in [2.75, 3.05) is 6.54 Å². The third-order valence-electron chi connectivity index (χ3n) is 3.45. The van der Waals surface area contributed by atoms with Gasteiger partial charge in [-0.15, -0.1) is 0 Å². The second-order valence-corrected chi connectivity index (χ2v) is 5.86. The molecule has 1 unspecified atom stereocenters. The lowest BCUT2D eigenvalue weighted by Crippen LogP contribution is -2.40. The number of carbonyl (C=O) groups is 1. The highest BCUT2D eigenvalue weighted by molar-refractivity contribution is 5.76. The van der Waals surface area contributed by atoms with Crippen LogP contribution in [0.3, 0.4) is 0 Å². The van der Waals surface area contributed by atoms with Crippen LogP contribution in [0.2, 0.25) is 0 Å². The summed E-state index contributed by atoms with van der Waals surface area (Å²) in [6.07, 6.45) is 4.44. The van der Waals surface area contributed by atoms with Crippen LogP contribution < -0.4 is 10.6 Å². The van der Waals surface area contributed by atoms with Gasteiger partial charge in [-0.25, -0.2) is 0 Å². The average molecular weight is 226 g/mol. The van der Waals surface area contributed by atoms with Crippen molar-refractivity contribution in [3.8, 4) is 0 Å². The van der Waals surface area contributed by atoms with Gasteiger partial charge in [0.2, 0.25) is 5.91 Å². The van der Waals surface area contributed by atoms with Crippen molar-refractivity contribution in [1.82, 2.24) is 10.6 Å². The number of amides is 1. The van der Waals surface area contributed by atoms with E-state index in [1.165, 1.54) is 19.3 Å². The summed E-state index contributed by atoms with van der Waals surface area (Å²) in [5, 5.41) is 6.43. The third kappa shape index (κ3) is 4.12. The first-order valence-electron chi connectivity index (χ1n) is 6.44. The Labute approximate surface area is 99.4 Å². The Morgan fingerprint density at radius 2 is 2.12 bits per heavy atom. The summed E-state index contributed by atoms with van der Waals surface area (Å²) in [7, 11) is 0. The van der Waals surface area contributed by atoms with Crippen LogP contribution in [0.25, 0.3) is 0 Å². The lowest BCUT2D eigenvalue weighted by Gasteiger charge is -2.27. The average Bonchev–Trinajstić information content (AvgIpc) is 2.44. The van der Waals surface area contributed by atoms with E-state index in [0.717, 1.165) is 6.54 Å². The lowest BCUT2D eigenvalue weighted by atomic mass is 9.87. The molecule has 0 aromatic heterocycles. The maximum atomic E-state index is 11.4. The Morgan fingerprint density at radius 1 is 1.44 bits per heavy atom. The molecule has 94 valence electrons. The first-order valence-corrected chi connectivity index (χ1v) is 6.44. The predicted molar refractivity (Wildman–Crippen MR) is 67.3 cm³/mol. The van der Waals surface area contributed by atoms with E-state index in [0.29, 0.717) is 17.9 Å². The zero-order chi connectivity index (χ0) is 12.2. The molecule has 3 nitrogen and oxygen atoms in total. The minimum atomic E-state index is 0.151. The summed E-state index contributed by atoms with van der Waals surface area (Å²) in [6, 6.07) is 0.828. The fourth-order valence-electron chi connectivity index (χ4n) is 2.46. The largest absolute Gasteiger partial charge is 0.354 e. The summed E-state index contributed by atoms with van der Waals surface area (Å²) < 4.78 is 0. The first kappa shape index (κ1) is 13.5. The molecule has 0 bridgehead atoms. The van der Waals surface area contributed by atoms with E-state index in [1.54, 1.807) is 0 Å². The van der Waals surface area contributed by atoms with Crippen molar-refractivity contribution < 1.29 is 4.79 Å². The van der Waals surface area contributed by atoms with Crippen molar-refractivity contribution in [2.45, 2.75) is 65.5 Å². The molecular formula is C13H26N2O. The molecule has 0 aliphatic heterocycles. The predicted octanol–water partition coefficient (Wildman–Crippen LogP) is 2.07. The highest BCUT2D eigenvalue weighted by atomic mass is 16.1. The maximum Gasteiger partial charge on any atom is 0.221 e. The minimum absolute atomic E-state index is 0.151. The fourth-order valence-corrected chi connectivity index (χ4v) is 2.46. The number of hydrogen-bond acceptors (Lipinski definition) is 2. The minimum Gasteiger partial charge on any atom is -0.354 e. The molecule has 0 aromatic rings. The Hall–Kier alpha value is -0.570. The molecule has 0 heterocycles. The van der Waals surface area contributed by atoms with Crippen molar-refractivity contribution in [3.05, 3.63) is 0 Å². The van der Waals surface area contributed by atoms with Crippen LogP contribution >= 0.6 is 0 Å². The first-order chi connectivity index (χ1) is 7.42. The Kier molecular flexibility index (Phi) is 4.78. The molecular weight excluding hydrogens is 200 g/mol. The standard InChI is InChI=1S/C13H26N2O/c1-10(2)15-12(16)7-9-14-11-6-5-8-13(11,3)4/h10-11,14H,5-9H2,1-4H3,(H,15,16). The molecule has 1 atom stereocenters. The summed E-state index contributed by atoms with van der Waals surface area (Å²) in [5.74, 6) is 0.151. The van der Waals surface area contributed by atoms with Gasteiger partial charge in [0, 0.05) is 25.0 Å². The molecule has 1 aliphatic rings. The Bertz CT molecular complexity index is 236. The third-order valence-corrected chi connectivity index (χ3v) is 3.45. The van der Waals surface area contributed by atoms with Gasteiger partial charge in [-0.2, -0.15) is 0 Å². The number of rotatable bonds is 5. The van der Waals surface area contributed by atoms with E-state index < -0.39 is 0 Å². The Morgan fingerprint density at radius 3 is 2.62 bits per heavy atom. The van der Waals surface area contributed by atoms with Crippen molar-refractivity contribution in [3.63, 3.8) is 0 Å². The monoisotopic (exact) mass is 226 g/mol. The van der Waals surface area contributed by atoms with Gasteiger partial charge in [0.25, 0.3) is 0 Å². The second-order valence-electron chi connectivity index (χ2n) is 5.86. The molecule has 1 amide bonds. The van der Waals surface area contributed by atoms with Crippen LogP contribution in [0.5, 0.6) is 0 Å². The van der Waals surface area contributed by atoms with E-state index >= 15 is 0 Å². The molecule has 0 aromatic carbocycles. The molecule has 1 aliphatic carbocycles. The molecule has 16 heavy (non-hydrogen) atoms. The molecule has 0 saturated heterocycles. The van der Waals surface area contributed by atoms with Crippen molar-refractivity contribution in [2.24, 2.45) is 5.41 Å². The van der Waals surface area contributed by atoms with Crippen molar-refractivity contribution in [1.29, 1.82) is 0 Å². The van der Waals surface area contributed by atoms with Gasteiger partial charge in [0.1, 0.15) is 0 Å². The smallest absolute Gasteiger partial charge is 0.221 e. The summed E-state index contributed by atoms with van der Waals surface area (Å²) in [6.45, 7) is 9.40. The van der Waals surface area contributed by atoms with E-state index in [9.17, 15) is 4.79 Å². The molecule has 2 N–H and O–H groups in total. The van der Waals surface area contributed by atoms with Crippen LogP contribution in [0.15, 0.2) is 0 Å². The summed E-state index contributed by atoms with van der Waals surface area (Å²) in [4.78, 5) is 11.4. The highest BCUT2D eigenvalue weighted by Gasteiger charge is 2.33. The second kappa shape index (κ2) is 5.67. The topological polar surface area (TPSA) is 41.1 Å². The summed E-state index contributed by atoms with van der Waals surface area (Å²) >= 11 is 0. The van der Waals surface area contributed by atoms with Crippen LogP contribution in [0.4, 0.5) is 0 Å². The van der Waals surface area contributed by atoms with E-state index in [1.807, 2.05) is 13.8 Å². The van der Waals surface area contributed by atoms with Gasteiger partial charge < -0.3 is 10.6 Å². The molecule has 3 heteroatoms. The van der Waals surface area contributed by atoms with Crippen LogP contribution in [-0.2, 0) is 4.79 Å². The van der Waals surface area contributed by atoms with Crippen LogP contribution in [0, 0.1) is 5.41 Å². The lowest BCUT2D eigenvalue weighted by molar-refractivity contribution is -0.121. The number of hydrogen-bond donors (Lipinski definition) is 2. The normalized spacial score (nSPS) is 23.7. The van der Waals surface area contributed by atoms with Gasteiger partial charge in [0.05, 0.1) is 0 Å². The van der Waals surface area contributed by atoms with Gasteiger partial charge in [-0.1, -0.05) is 20.3 Å². The van der Waals surface area contributed by atoms with Gasteiger partial charge in [-0.3, -0.25) is 4.79 Å². The molecule has 1 fully saturated rings. The quantitative estimate of drug-likeness (QED) is 0.753. The van der Waals surface area contributed by atoms with Crippen LogP contribution in [0.1, 0.15) is 53.4 Å².